The zero-order chi connectivity index (χ0) is 12.3. The molecule has 0 aromatic heterocycles. The van der Waals surface area contributed by atoms with Gasteiger partial charge in [0.2, 0.25) is 0 Å². The molecule has 3 heteroatoms. The average Bonchev–Trinajstić information content (AvgIpc) is 2.59. The van der Waals surface area contributed by atoms with E-state index >= 15 is 0 Å². The van der Waals surface area contributed by atoms with Gasteiger partial charge in [-0.1, -0.05) is 6.42 Å². The van der Waals surface area contributed by atoms with Gasteiger partial charge in [-0.05, 0) is 53.1 Å². The number of rotatable bonds is 4. The Labute approximate surface area is 106 Å². The van der Waals surface area contributed by atoms with Crippen LogP contribution in [-0.2, 0) is 4.74 Å². The first kappa shape index (κ1) is 13.3. The molecule has 0 amide bonds. The van der Waals surface area contributed by atoms with Gasteiger partial charge in [0.25, 0.3) is 0 Å². The summed E-state index contributed by atoms with van der Waals surface area (Å²) in [4.78, 5) is 2.44. The van der Waals surface area contributed by atoms with Crippen molar-refractivity contribution < 1.29 is 4.74 Å². The summed E-state index contributed by atoms with van der Waals surface area (Å²) in [6, 6.07) is 0.697. The van der Waals surface area contributed by atoms with Gasteiger partial charge in [-0.25, -0.2) is 0 Å². The van der Waals surface area contributed by atoms with Crippen LogP contribution in [0, 0.1) is 0 Å². The van der Waals surface area contributed by atoms with Crippen molar-refractivity contribution in [2.75, 3.05) is 26.7 Å². The van der Waals surface area contributed by atoms with E-state index in [1.165, 1.54) is 45.2 Å². The molecule has 0 radical (unpaired) electrons. The van der Waals surface area contributed by atoms with Crippen LogP contribution in [0.1, 0.15) is 46.0 Å². The molecule has 2 fully saturated rings. The van der Waals surface area contributed by atoms with Gasteiger partial charge in [-0.2, -0.15) is 0 Å². The Kier molecular flexibility index (Phi) is 4.45. The number of ether oxygens (including phenoxy) is 1. The lowest BCUT2D eigenvalue weighted by Crippen LogP contribution is -2.44. The molecule has 2 unspecified atom stereocenters. The first-order chi connectivity index (χ1) is 8.05. The molecule has 2 heterocycles. The monoisotopic (exact) mass is 240 g/mol. The number of likely N-dealkylation sites (N-methyl/N-ethyl adjacent to an activating group) is 1. The quantitative estimate of drug-likeness (QED) is 0.813. The van der Waals surface area contributed by atoms with Crippen LogP contribution < -0.4 is 5.32 Å². The Hall–Kier alpha value is -0.120. The van der Waals surface area contributed by atoms with Crippen LogP contribution in [0.4, 0.5) is 0 Å². The maximum absolute atomic E-state index is 6.05. The van der Waals surface area contributed by atoms with Crippen molar-refractivity contribution in [3.05, 3.63) is 0 Å². The minimum Gasteiger partial charge on any atom is -0.371 e. The summed E-state index contributed by atoms with van der Waals surface area (Å²) in [7, 11) is 2.23. The highest BCUT2D eigenvalue weighted by atomic mass is 16.5. The van der Waals surface area contributed by atoms with Gasteiger partial charge in [-0.15, -0.1) is 0 Å². The van der Waals surface area contributed by atoms with E-state index in [1.54, 1.807) is 0 Å². The van der Waals surface area contributed by atoms with Crippen molar-refractivity contribution in [3.8, 4) is 0 Å². The molecule has 0 aliphatic carbocycles. The third-order valence-corrected chi connectivity index (χ3v) is 4.01. The summed E-state index contributed by atoms with van der Waals surface area (Å²) in [6.07, 6.45) is 6.93. The fourth-order valence-corrected chi connectivity index (χ4v) is 3.08. The lowest BCUT2D eigenvalue weighted by molar-refractivity contribution is -0.0268. The van der Waals surface area contributed by atoms with E-state index in [9.17, 15) is 0 Å². The standard InChI is InChI=1S/C14H28N2O/c1-14(2)8-7-13(17-14)11-16(3)10-12-6-4-5-9-15-12/h12-13,15H,4-11H2,1-3H3. The first-order valence-corrected chi connectivity index (χ1v) is 7.15. The van der Waals surface area contributed by atoms with Crippen molar-refractivity contribution in [3.63, 3.8) is 0 Å². The smallest absolute Gasteiger partial charge is 0.0710 e. The second-order valence-electron chi connectivity index (χ2n) is 6.41. The molecule has 3 nitrogen and oxygen atoms in total. The normalized spacial score (nSPS) is 33.2. The predicted octanol–water partition coefficient (Wildman–Crippen LogP) is 2.02. The van der Waals surface area contributed by atoms with Crippen LogP contribution in [0.2, 0.25) is 0 Å². The highest BCUT2D eigenvalue weighted by molar-refractivity contribution is 4.83. The van der Waals surface area contributed by atoms with E-state index in [4.69, 9.17) is 4.74 Å². The van der Waals surface area contributed by atoms with Gasteiger partial charge < -0.3 is 15.0 Å². The lowest BCUT2D eigenvalue weighted by Gasteiger charge is -2.30. The molecule has 17 heavy (non-hydrogen) atoms. The maximum Gasteiger partial charge on any atom is 0.0710 e. The van der Waals surface area contributed by atoms with Crippen molar-refractivity contribution in [1.29, 1.82) is 0 Å². The number of nitrogens with one attached hydrogen (secondary N) is 1. The van der Waals surface area contributed by atoms with Crippen LogP contribution in [0.25, 0.3) is 0 Å². The number of piperidine rings is 1. The fraction of sp³-hybridized carbons (Fsp3) is 1.00. The van der Waals surface area contributed by atoms with Gasteiger partial charge in [0.05, 0.1) is 11.7 Å². The Morgan fingerprint density at radius 1 is 1.24 bits per heavy atom. The Morgan fingerprint density at radius 3 is 2.65 bits per heavy atom. The van der Waals surface area contributed by atoms with Gasteiger partial charge in [-0.3, -0.25) is 0 Å². The summed E-state index contributed by atoms with van der Waals surface area (Å²) in [5.74, 6) is 0. The predicted molar refractivity (Wildman–Crippen MR) is 71.3 cm³/mol. The second kappa shape index (κ2) is 5.68. The summed E-state index contributed by atoms with van der Waals surface area (Å²) in [5.41, 5.74) is 0.106. The van der Waals surface area contributed by atoms with Gasteiger partial charge in [0, 0.05) is 19.1 Å². The molecule has 0 spiro atoms. The highest BCUT2D eigenvalue weighted by Crippen LogP contribution is 2.29. The minimum atomic E-state index is 0.106. The van der Waals surface area contributed by atoms with Crippen molar-refractivity contribution in [2.24, 2.45) is 0 Å². The van der Waals surface area contributed by atoms with Crippen LogP contribution in [0.5, 0.6) is 0 Å². The minimum absolute atomic E-state index is 0.106. The van der Waals surface area contributed by atoms with E-state index in [0.29, 0.717) is 12.1 Å². The summed E-state index contributed by atoms with van der Waals surface area (Å²) < 4.78 is 6.05. The molecule has 0 bridgehead atoms. The molecule has 2 rings (SSSR count). The molecule has 100 valence electrons. The number of hydrogen-bond acceptors (Lipinski definition) is 3. The zero-order valence-corrected chi connectivity index (χ0v) is 11.7. The molecular weight excluding hydrogens is 212 g/mol. The molecular formula is C14H28N2O. The number of nitrogens with zero attached hydrogens (tertiary/aromatic N) is 1. The largest absolute Gasteiger partial charge is 0.371 e. The Bertz CT molecular complexity index is 236. The lowest BCUT2D eigenvalue weighted by atomic mass is 10.0. The van der Waals surface area contributed by atoms with E-state index in [1.807, 2.05) is 0 Å². The van der Waals surface area contributed by atoms with Gasteiger partial charge in [0.15, 0.2) is 0 Å². The average molecular weight is 240 g/mol. The van der Waals surface area contributed by atoms with Crippen LogP contribution in [0.15, 0.2) is 0 Å². The highest BCUT2D eigenvalue weighted by Gasteiger charge is 2.32. The summed E-state index contributed by atoms with van der Waals surface area (Å²) in [6.45, 7) is 7.86. The van der Waals surface area contributed by atoms with E-state index in [0.717, 1.165) is 6.54 Å². The molecule has 2 aliphatic rings. The van der Waals surface area contributed by atoms with E-state index < -0.39 is 0 Å². The molecule has 1 N–H and O–H groups in total. The van der Waals surface area contributed by atoms with Crippen LogP contribution in [0.3, 0.4) is 0 Å². The van der Waals surface area contributed by atoms with Crippen molar-refractivity contribution in [1.82, 2.24) is 10.2 Å². The maximum atomic E-state index is 6.05. The van der Waals surface area contributed by atoms with E-state index in [-0.39, 0.29) is 5.60 Å². The molecule has 0 aromatic rings. The van der Waals surface area contributed by atoms with Crippen LogP contribution >= 0.6 is 0 Å². The first-order valence-electron chi connectivity index (χ1n) is 7.15. The SMILES string of the molecule is CN(CC1CCCCN1)CC1CCC(C)(C)O1. The molecule has 2 atom stereocenters. The zero-order valence-electron chi connectivity index (χ0n) is 11.7. The topological polar surface area (TPSA) is 24.5 Å². The molecule has 0 aromatic carbocycles. The fourth-order valence-electron chi connectivity index (χ4n) is 3.08. The molecule has 2 aliphatic heterocycles. The second-order valence-corrected chi connectivity index (χ2v) is 6.41. The molecule has 0 saturated carbocycles. The van der Waals surface area contributed by atoms with E-state index in [2.05, 4.69) is 31.1 Å². The number of hydrogen-bond donors (Lipinski definition) is 1. The van der Waals surface area contributed by atoms with Gasteiger partial charge in [0.1, 0.15) is 0 Å². The molecule has 2 saturated heterocycles. The summed E-state index contributed by atoms with van der Waals surface area (Å²) >= 11 is 0. The summed E-state index contributed by atoms with van der Waals surface area (Å²) in [5, 5.41) is 3.61. The Morgan fingerprint density at radius 2 is 2.06 bits per heavy atom. The van der Waals surface area contributed by atoms with Crippen LogP contribution in [-0.4, -0.2) is 49.3 Å². The third-order valence-electron chi connectivity index (χ3n) is 4.01. The Balaban J connectivity index is 1.68. The third kappa shape index (κ3) is 4.23. The van der Waals surface area contributed by atoms with Crippen molar-refractivity contribution in [2.45, 2.75) is 63.7 Å². The van der Waals surface area contributed by atoms with Gasteiger partial charge >= 0.3 is 0 Å². The van der Waals surface area contributed by atoms with Crippen molar-refractivity contribution >= 4 is 0 Å².